The van der Waals surface area contributed by atoms with Crippen LogP contribution in [-0.2, 0) is 5.41 Å². The SMILES string of the molecule is C1=Cc2c(oc3c4c(ccc23)C2(c3ccccc3S4)c3ccccc3-c3ccccc32)C(c2cc(-c3ccccc3)nc(-c3ccccc3)n2)C1. The van der Waals surface area contributed by atoms with E-state index in [4.69, 9.17) is 14.4 Å². The lowest BCUT2D eigenvalue weighted by atomic mass is 9.67. The van der Waals surface area contributed by atoms with Gasteiger partial charge in [-0.25, -0.2) is 9.97 Å². The summed E-state index contributed by atoms with van der Waals surface area (Å²) in [5.74, 6) is 1.64. The molecule has 0 radical (unpaired) electrons. The number of hydrogen-bond acceptors (Lipinski definition) is 4. The molecule has 3 nitrogen and oxygen atoms in total. The van der Waals surface area contributed by atoms with Crippen LogP contribution in [-0.4, -0.2) is 9.97 Å². The van der Waals surface area contributed by atoms with Gasteiger partial charge in [-0.1, -0.05) is 163 Å². The van der Waals surface area contributed by atoms with Gasteiger partial charge in [0.15, 0.2) is 5.82 Å². The van der Waals surface area contributed by atoms with Crippen molar-refractivity contribution in [3.05, 3.63) is 197 Å². The van der Waals surface area contributed by atoms with Crippen molar-refractivity contribution >= 4 is 28.8 Å². The molecule has 1 aliphatic heterocycles. The molecule has 0 fully saturated rings. The summed E-state index contributed by atoms with van der Waals surface area (Å²) in [7, 11) is 0. The first-order chi connectivity index (χ1) is 25.3. The fourth-order valence-electron chi connectivity index (χ4n) is 8.74. The highest BCUT2D eigenvalue weighted by atomic mass is 32.2. The lowest BCUT2D eigenvalue weighted by molar-refractivity contribution is 0.506. The number of aromatic nitrogens is 2. The zero-order valence-electron chi connectivity index (χ0n) is 27.6. The molecule has 240 valence electrons. The van der Waals surface area contributed by atoms with Gasteiger partial charge in [0.1, 0.15) is 11.3 Å². The lowest BCUT2D eigenvalue weighted by Crippen LogP contribution is -2.31. The quantitative estimate of drug-likeness (QED) is 0.188. The van der Waals surface area contributed by atoms with E-state index in [9.17, 15) is 0 Å². The Morgan fingerprint density at radius 3 is 2.00 bits per heavy atom. The largest absolute Gasteiger partial charge is 0.458 e. The maximum atomic E-state index is 7.21. The van der Waals surface area contributed by atoms with Crippen LogP contribution in [0.5, 0.6) is 0 Å². The van der Waals surface area contributed by atoms with E-state index in [2.05, 4.69) is 140 Å². The number of allylic oxidation sites excluding steroid dienone is 1. The minimum absolute atomic E-state index is 0.0521. The van der Waals surface area contributed by atoms with Crippen LogP contribution in [0.25, 0.3) is 50.8 Å². The van der Waals surface area contributed by atoms with E-state index in [0.29, 0.717) is 0 Å². The fourth-order valence-corrected chi connectivity index (χ4v) is 10.0. The number of furan rings is 1. The summed E-state index contributed by atoms with van der Waals surface area (Å²) in [6.45, 7) is 0. The number of nitrogens with zero attached hydrogens (tertiary/aromatic N) is 2. The summed E-state index contributed by atoms with van der Waals surface area (Å²) in [5, 5.41) is 1.15. The smallest absolute Gasteiger partial charge is 0.160 e. The van der Waals surface area contributed by atoms with Gasteiger partial charge < -0.3 is 4.42 Å². The third-order valence-electron chi connectivity index (χ3n) is 10.9. The Balaban J connectivity index is 1.14. The second kappa shape index (κ2) is 11.0. The van der Waals surface area contributed by atoms with Crippen LogP contribution in [0.3, 0.4) is 0 Å². The molecule has 6 aromatic carbocycles. The van der Waals surface area contributed by atoms with Crippen molar-refractivity contribution in [1.29, 1.82) is 0 Å². The van der Waals surface area contributed by atoms with Crippen molar-refractivity contribution < 1.29 is 4.42 Å². The molecule has 0 amide bonds. The number of fused-ring (bicyclic) bond motifs is 13. The molecule has 2 aromatic heterocycles. The number of rotatable bonds is 3. The van der Waals surface area contributed by atoms with Crippen molar-refractivity contribution in [2.24, 2.45) is 0 Å². The van der Waals surface area contributed by atoms with E-state index < -0.39 is 5.41 Å². The molecule has 51 heavy (non-hydrogen) atoms. The molecule has 1 atom stereocenters. The Hall–Kier alpha value is -5.97. The molecule has 0 bridgehead atoms. The topological polar surface area (TPSA) is 38.9 Å². The van der Waals surface area contributed by atoms with Gasteiger partial charge in [0.2, 0.25) is 0 Å². The summed E-state index contributed by atoms with van der Waals surface area (Å²) < 4.78 is 7.21. The minimum atomic E-state index is -0.442. The zero-order chi connectivity index (χ0) is 33.5. The van der Waals surface area contributed by atoms with Crippen molar-refractivity contribution in [2.45, 2.75) is 27.5 Å². The second-order valence-electron chi connectivity index (χ2n) is 13.6. The first kappa shape index (κ1) is 28.8. The highest BCUT2D eigenvalue weighted by Crippen LogP contribution is 2.63. The van der Waals surface area contributed by atoms with E-state index in [-0.39, 0.29) is 5.92 Å². The second-order valence-corrected chi connectivity index (χ2v) is 14.6. The van der Waals surface area contributed by atoms with E-state index in [1.165, 1.54) is 43.2 Å². The summed E-state index contributed by atoms with van der Waals surface area (Å²) >= 11 is 1.84. The maximum Gasteiger partial charge on any atom is 0.160 e. The van der Waals surface area contributed by atoms with Crippen LogP contribution in [0.15, 0.2) is 172 Å². The number of hydrogen-bond donors (Lipinski definition) is 0. The van der Waals surface area contributed by atoms with Gasteiger partial charge >= 0.3 is 0 Å². The highest BCUT2D eigenvalue weighted by Gasteiger charge is 2.50. The van der Waals surface area contributed by atoms with Crippen LogP contribution < -0.4 is 0 Å². The molecule has 1 unspecified atom stereocenters. The molecule has 3 heterocycles. The van der Waals surface area contributed by atoms with Gasteiger partial charge in [0.25, 0.3) is 0 Å². The van der Waals surface area contributed by atoms with Gasteiger partial charge in [0.05, 0.1) is 27.6 Å². The summed E-state index contributed by atoms with van der Waals surface area (Å²) in [4.78, 5) is 12.8. The first-order valence-electron chi connectivity index (χ1n) is 17.5. The first-order valence-corrected chi connectivity index (χ1v) is 18.3. The molecule has 0 saturated heterocycles. The molecule has 3 aliphatic rings. The van der Waals surface area contributed by atoms with Crippen LogP contribution in [0.2, 0.25) is 0 Å². The van der Waals surface area contributed by atoms with Gasteiger partial charge in [-0.2, -0.15) is 0 Å². The maximum absolute atomic E-state index is 7.21. The molecule has 2 aliphatic carbocycles. The van der Waals surface area contributed by atoms with Crippen molar-refractivity contribution in [2.75, 3.05) is 0 Å². The fraction of sp³-hybridized carbons (Fsp3) is 0.0638. The molecular formula is C47H30N2OS. The van der Waals surface area contributed by atoms with Crippen LogP contribution >= 0.6 is 11.8 Å². The van der Waals surface area contributed by atoms with E-state index in [1.54, 1.807) is 0 Å². The summed E-state index contributed by atoms with van der Waals surface area (Å²) in [6, 6.07) is 54.4. The number of benzene rings is 6. The molecule has 1 spiro atoms. The average Bonchev–Trinajstić information content (AvgIpc) is 3.73. The molecule has 0 N–H and O–H groups in total. The normalized spacial score (nSPS) is 16.0. The van der Waals surface area contributed by atoms with E-state index >= 15 is 0 Å². The van der Waals surface area contributed by atoms with Crippen molar-refractivity contribution in [3.8, 4) is 33.8 Å². The zero-order valence-corrected chi connectivity index (χ0v) is 28.4. The molecule has 11 rings (SSSR count). The van der Waals surface area contributed by atoms with Crippen LogP contribution in [0.1, 0.15) is 51.6 Å². The van der Waals surface area contributed by atoms with Gasteiger partial charge in [-0.3, -0.25) is 0 Å². The van der Waals surface area contributed by atoms with E-state index in [0.717, 1.165) is 57.1 Å². The van der Waals surface area contributed by atoms with Crippen LogP contribution in [0.4, 0.5) is 0 Å². The highest BCUT2D eigenvalue weighted by molar-refractivity contribution is 7.99. The predicted molar refractivity (Wildman–Crippen MR) is 206 cm³/mol. The van der Waals surface area contributed by atoms with E-state index in [1.807, 2.05) is 36.0 Å². The molecular weight excluding hydrogens is 641 g/mol. The van der Waals surface area contributed by atoms with Gasteiger partial charge in [-0.15, -0.1) is 0 Å². The molecule has 0 saturated carbocycles. The Bertz CT molecular complexity index is 2610. The standard InChI is InChI=1S/C47H30N2OS/c1-3-14-29(15-4-1)40-28-41(49-46(48-40)30-16-5-2-6-17-30)35-21-13-20-33-34-26-27-39-45(44(34)50-43(33)35)51-42-25-12-11-24-38(42)47(39)36-22-9-7-18-31(36)32-19-8-10-23-37(32)47/h1-20,22-28,35H,21H2. The third kappa shape index (κ3) is 4.08. The average molecular weight is 671 g/mol. The Morgan fingerprint density at radius 2 is 1.25 bits per heavy atom. The Labute approximate surface area is 300 Å². The Morgan fingerprint density at radius 1 is 0.608 bits per heavy atom. The van der Waals surface area contributed by atoms with Crippen LogP contribution in [0, 0.1) is 0 Å². The summed E-state index contributed by atoms with van der Waals surface area (Å²) in [6.07, 6.45) is 5.33. The molecule has 4 heteroatoms. The van der Waals surface area contributed by atoms with Gasteiger partial charge in [-0.05, 0) is 51.9 Å². The summed E-state index contributed by atoms with van der Waals surface area (Å²) in [5.41, 5.74) is 13.5. The predicted octanol–water partition coefficient (Wildman–Crippen LogP) is 11.9. The lowest BCUT2D eigenvalue weighted by Gasteiger charge is -2.39. The van der Waals surface area contributed by atoms with Crippen molar-refractivity contribution in [3.63, 3.8) is 0 Å². The Kier molecular flexibility index (Phi) is 6.23. The third-order valence-corrected chi connectivity index (χ3v) is 12.1. The monoisotopic (exact) mass is 670 g/mol. The minimum Gasteiger partial charge on any atom is -0.458 e. The van der Waals surface area contributed by atoms with Gasteiger partial charge in [0, 0.05) is 27.0 Å². The van der Waals surface area contributed by atoms with Crippen molar-refractivity contribution in [1.82, 2.24) is 9.97 Å². The molecule has 8 aromatic rings.